The average Bonchev–Trinajstić information content (AvgIpc) is 3.03. The van der Waals surface area contributed by atoms with Crippen molar-refractivity contribution in [3.8, 4) is 0 Å². The normalized spacial score (nSPS) is 30.6. The highest BCUT2D eigenvalue weighted by Crippen LogP contribution is 2.44. The van der Waals surface area contributed by atoms with Crippen LogP contribution in [0, 0.1) is 17.8 Å². The van der Waals surface area contributed by atoms with Gasteiger partial charge in [-0.15, -0.1) is 0 Å². The van der Waals surface area contributed by atoms with Crippen LogP contribution in [0.2, 0.25) is 5.02 Å². The summed E-state index contributed by atoms with van der Waals surface area (Å²) in [6.45, 7) is 4.64. The molecule has 1 fully saturated rings. The quantitative estimate of drug-likeness (QED) is 0.789. The molecule has 0 aliphatic heterocycles. The van der Waals surface area contributed by atoms with Crippen LogP contribution in [0.25, 0.3) is 0 Å². The van der Waals surface area contributed by atoms with Crippen LogP contribution in [0.4, 0.5) is 0 Å². The predicted octanol–water partition coefficient (Wildman–Crippen LogP) is 4.46. The second-order valence-corrected chi connectivity index (χ2v) is 7.07. The van der Waals surface area contributed by atoms with E-state index in [1.807, 2.05) is 12.1 Å². The van der Waals surface area contributed by atoms with Gasteiger partial charge in [0.1, 0.15) is 0 Å². The van der Waals surface area contributed by atoms with Gasteiger partial charge < -0.3 is 5.32 Å². The Hall–Kier alpha value is -0.790. The van der Waals surface area contributed by atoms with E-state index in [4.69, 9.17) is 11.6 Å². The molecule has 2 bridgehead atoms. The molecule has 0 spiro atoms. The molecular weight excluding hydrogens is 266 g/mol. The lowest BCUT2D eigenvalue weighted by Gasteiger charge is -2.29. The molecule has 108 valence electrons. The Balaban J connectivity index is 1.52. The standard InChI is InChI=1S/C18H24ClN/c1-12(9-14-4-7-17(19)8-5-14)20-13(2)18-11-15-3-6-16(18)10-15/h3-8,12-13,15-16,18,20H,9-11H2,1-2H3. The van der Waals surface area contributed by atoms with Crippen LogP contribution < -0.4 is 5.32 Å². The molecular formula is C18H24ClN. The van der Waals surface area contributed by atoms with Crippen molar-refractivity contribution < 1.29 is 0 Å². The molecule has 5 atom stereocenters. The summed E-state index contributed by atoms with van der Waals surface area (Å²) < 4.78 is 0. The topological polar surface area (TPSA) is 12.0 Å². The van der Waals surface area contributed by atoms with Gasteiger partial charge in [0.15, 0.2) is 0 Å². The predicted molar refractivity (Wildman–Crippen MR) is 86.1 cm³/mol. The van der Waals surface area contributed by atoms with Crippen LogP contribution in [0.15, 0.2) is 36.4 Å². The lowest BCUT2D eigenvalue weighted by molar-refractivity contribution is 0.305. The smallest absolute Gasteiger partial charge is 0.0406 e. The molecule has 2 aliphatic carbocycles. The minimum absolute atomic E-state index is 0.509. The molecule has 1 aromatic carbocycles. The van der Waals surface area contributed by atoms with Crippen LogP contribution in [0.3, 0.4) is 0 Å². The van der Waals surface area contributed by atoms with Crippen molar-refractivity contribution >= 4 is 11.6 Å². The molecule has 2 heteroatoms. The molecule has 2 aliphatic rings. The van der Waals surface area contributed by atoms with Crippen LogP contribution in [-0.4, -0.2) is 12.1 Å². The van der Waals surface area contributed by atoms with E-state index >= 15 is 0 Å². The summed E-state index contributed by atoms with van der Waals surface area (Å²) in [6, 6.07) is 9.34. The van der Waals surface area contributed by atoms with Gasteiger partial charge in [-0.1, -0.05) is 35.9 Å². The summed E-state index contributed by atoms with van der Waals surface area (Å²) in [5.41, 5.74) is 1.36. The molecule has 5 unspecified atom stereocenters. The lowest BCUT2D eigenvalue weighted by atomic mass is 9.87. The molecule has 1 nitrogen and oxygen atoms in total. The van der Waals surface area contributed by atoms with Gasteiger partial charge in [-0.3, -0.25) is 0 Å². The number of benzene rings is 1. The third-order valence-electron chi connectivity index (χ3n) is 4.98. The Morgan fingerprint density at radius 2 is 1.90 bits per heavy atom. The maximum atomic E-state index is 5.93. The first kappa shape index (κ1) is 14.2. The summed E-state index contributed by atoms with van der Waals surface area (Å²) in [7, 11) is 0. The zero-order valence-corrected chi connectivity index (χ0v) is 13.1. The average molecular weight is 290 g/mol. The molecule has 1 aromatic rings. The first-order valence-corrected chi connectivity index (χ1v) is 8.18. The number of hydrogen-bond acceptors (Lipinski definition) is 1. The highest BCUT2D eigenvalue weighted by molar-refractivity contribution is 6.30. The SMILES string of the molecule is CC(Cc1ccc(Cl)cc1)NC(C)C1CC2C=CC1C2. The van der Waals surface area contributed by atoms with Gasteiger partial charge in [0, 0.05) is 17.1 Å². The zero-order valence-electron chi connectivity index (χ0n) is 12.4. The Bertz CT molecular complexity index is 479. The second kappa shape index (κ2) is 5.91. The summed E-state index contributed by atoms with van der Waals surface area (Å²) in [5.74, 6) is 2.52. The van der Waals surface area contributed by atoms with Gasteiger partial charge in [0.2, 0.25) is 0 Å². The number of halogens is 1. The van der Waals surface area contributed by atoms with Crippen LogP contribution in [0.1, 0.15) is 32.3 Å². The fourth-order valence-electron chi connectivity index (χ4n) is 4.00. The first-order valence-electron chi connectivity index (χ1n) is 7.80. The molecule has 20 heavy (non-hydrogen) atoms. The third kappa shape index (κ3) is 3.10. The van der Waals surface area contributed by atoms with Gasteiger partial charge in [-0.2, -0.15) is 0 Å². The summed E-state index contributed by atoms with van der Waals surface area (Å²) in [6.07, 6.45) is 8.70. The van der Waals surface area contributed by atoms with E-state index in [0.717, 1.165) is 29.2 Å². The summed E-state index contributed by atoms with van der Waals surface area (Å²) in [4.78, 5) is 0. The van der Waals surface area contributed by atoms with Crippen LogP contribution in [-0.2, 0) is 6.42 Å². The molecule has 0 saturated heterocycles. The first-order chi connectivity index (χ1) is 9.61. The van der Waals surface area contributed by atoms with Gasteiger partial charge in [0.05, 0.1) is 0 Å². The summed E-state index contributed by atoms with van der Waals surface area (Å²) in [5, 5.41) is 4.62. The Morgan fingerprint density at radius 1 is 1.15 bits per heavy atom. The minimum Gasteiger partial charge on any atom is -0.311 e. The fourth-order valence-corrected chi connectivity index (χ4v) is 4.13. The number of allylic oxidation sites excluding steroid dienone is 2. The Morgan fingerprint density at radius 3 is 2.50 bits per heavy atom. The van der Waals surface area contributed by atoms with E-state index < -0.39 is 0 Å². The molecule has 1 N–H and O–H groups in total. The highest BCUT2D eigenvalue weighted by Gasteiger charge is 2.38. The maximum absolute atomic E-state index is 5.93. The van der Waals surface area contributed by atoms with E-state index in [1.165, 1.54) is 18.4 Å². The molecule has 3 rings (SSSR count). The van der Waals surface area contributed by atoms with Crippen molar-refractivity contribution in [3.63, 3.8) is 0 Å². The highest BCUT2D eigenvalue weighted by atomic mass is 35.5. The number of rotatable bonds is 5. The Kier molecular flexibility index (Phi) is 4.18. The van der Waals surface area contributed by atoms with E-state index in [2.05, 4.69) is 43.4 Å². The van der Waals surface area contributed by atoms with Crippen molar-refractivity contribution in [2.45, 2.75) is 45.2 Å². The van der Waals surface area contributed by atoms with Gasteiger partial charge in [0.25, 0.3) is 0 Å². The van der Waals surface area contributed by atoms with Gasteiger partial charge in [-0.25, -0.2) is 0 Å². The lowest BCUT2D eigenvalue weighted by Crippen LogP contribution is -2.41. The third-order valence-corrected chi connectivity index (χ3v) is 5.23. The molecule has 1 saturated carbocycles. The monoisotopic (exact) mass is 289 g/mol. The fraction of sp³-hybridized carbons (Fsp3) is 0.556. The van der Waals surface area contributed by atoms with E-state index in [0.29, 0.717) is 12.1 Å². The molecule has 0 aromatic heterocycles. The largest absolute Gasteiger partial charge is 0.311 e. The maximum Gasteiger partial charge on any atom is 0.0406 e. The van der Waals surface area contributed by atoms with Crippen LogP contribution >= 0.6 is 11.6 Å². The van der Waals surface area contributed by atoms with Gasteiger partial charge >= 0.3 is 0 Å². The van der Waals surface area contributed by atoms with Crippen molar-refractivity contribution in [2.24, 2.45) is 17.8 Å². The van der Waals surface area contributed by atoms with Crippen molar-refractivity contribution in [2.75, 3.05) is 0 Å². The minimum atomic E-state index is 0.509. The van der Waals surface area contributed by atoms with Crippen LogP contribution in [0.5, 0.6) is 0 Å². The summed E-state index contributed by atoms with van der Waals surface area (Å²) >= 11 is 5.93. The van der Waals surface area contributed by atoms with E-state index in [9.17, 15) is 0 Å². The van der Waals surface area contributed by atoms with Crippen molar-refractivity contribution in [1.29, 1.82) is 0 Å². The number of nitrogens with one attached hydrogen (secondary N) is 1. The van der Waals surface area contributed by atoms with Crippen molar-refractivity contribution in [1.82, 2.24) is 5.32 Å². The number of fused-ring (bicyclic) bond motifs is 2. The molecule has 0 heterocycles. The van der Waals surface area contributed by atoms with Gasteiger partial charge in [-0.05, 0) is 68.6 Å². The Labute approximate surface area is 127 Å². The second-order valence-electron chi connectivity index (χ2n) is 6.63. The van der Waals surface area contributed by atoms with E-state index in [-0.39, 0.29) is 0 Å². The number of hydrogen-bond donors (Lipinski definition) is 1. The van der Waals surface area contributed by atoms with E-state index in [1.54, 1.807) is 0 Å². The molecule has 0 radical (unpaired) electrons. The zero-order chi connectivity index (χ0) is 14.1. The molecule has 0 amide bonds. The van der Waals surface area contributed by atoms with Crippen molar-refractivity contribution in [3.05, 3.63) is 47.0 Å².